The Labute approximate surface area is 127 Å². The summed E-state index contributed by atoms with van der Waals surface area (Å²) in [6.07, 6.45) is -0.309. The Morgan fingerprint density at radius 1 is 1.27 bits per heavy atom. The highest BCUT2D eigenvalue weighted by Gasteiger charge is 2.28. The summed E-state index contributed by atoms with van der Waals surface area (Å²) in [6.45, 7) is 0. The van der Waals surface area contributed by atoms with Crippen molar-refractivity contribution in [1.82, 2.24) is 0 Å². The van der Waals surface area contributed by atoms with E-state index < -0.39 is 12.1 Å². The van der Waals surface area contributed by atoms with Gasteiger partial charge >= 0.3 is 5.97 Å². The number of benzene rings is 2. The Bertz CT molecular complexity index is 750. The molecule has 112 valence electrons. The Kier molecular flexibility index (Phi) is 3.55. The molecule has 3 rings (SSSR count). The van der Waals surface area contributed by atoms with Gasteiger partial charge in [0.15, 0.2) is 5.78 Å². The highest BCUT2D eigenvalue weighted by molar-refractivity contribution is 6.00. The zero-order valence-electron chi connectivity index (χ0n) is 11.9. The van der Waals surface area contributed by atoms with Gasteiger partial charge in [0.25, 0.3) is 0 Å². The average Bonchev–Trinajstić information content (AvgIpc) is 2.54. The Hall–Kier alpha value is -2.82. The first-order valence-electron chi connectivity index (χ1n) is 6.79. The maximum absolute atomic E-state index is 12.3. The van der Waals surface area contributed by atoms with E-state index >= 15 is 0 Å². The number of carbonyl (C=O) groups excluding carboxylic acids is 1. The van der Waals surface area contributed by atoms with Gasteiger partial charge in [0, 0.05) is 0 Å². The van der Waals surface area contributed by atoms with Crippen molar-refractivity contribution in [2.45, 2.75) is 12.5 Å². The number of hydrogen-bond donors (Lipinski definition) is 1. The number of ether oxygens (including phenoxy) is 2. The van der Waals surface area contributed by atoms with Gasteiger partial charge in [0.1, 0.15) is 17.6 Å². The van der Waals surface area contributed by atoms with Crippen molar-refractivity contribution in [3.63, 3.8) is 0 Å². The third kappa shape index (κ3) is 2.53. The van der Waals surface area contributed by atoms with E-state index in [9.17, 15) is 9.59 Å². The largest absolute Gasteiger partial charge is 0.497 e. The summed E-state index contributed by atoms with van der Waals surface area (Å²) in [5.41, 5.74) is 1.34. The van der Waals surface area contributed by atoms with Crippen molar-refractivity contribution in [3.05, 3.63) is 59.2 Å². The van der Waals surface area contributed by atoms with Crippen LogP contribution in [0.25, 0.3) is 0 Å². The monoisotopic (exact) mass is 298 g/mol. The predicted octanol–water partition coefficient (Wildman–Crippen LogP) is 3.10. The van der Waals surface area contributed by atoms with Crippen LogP contribution in [0.3, 0.4) is 0 Å². The molecule has 2 aromatic rings. The third-order valence-corrected chi connectivity index (χ3v) is 3.63. The number of carboxylic acid groups (broad SMARTS) is 1. The molecule has 22 heavy (non-hydrogen) atoms. The quantitative estimate of drug-likeness (QED) is 0.942. The van der Waals surface area contributed by atoms with E-state index in [-0.39, 0.29) is 17.8 Å². The minimum Gasteiger partial charge on any atom is -0.497 e. The first kappa shape index (κ1) is 14.1. The summed E-state index contributed by atoms with van der Waals surface area (Å²) < 4.78 is 11.0. The molecule has 1 aliphatic rings. The highest BCUT2D eigenvalue weighted by Crippen LogP contribution is 2.36. The van der Waals surface area contributed by atoms with E-state index in [1.165, 1.54) is 19.2 Å². The molecule has 1 unspecified atom stereocenters. The number of carbonyl (C=O) groups is 2. The van der Waals surface area contributed by atoms with Crippen LogP contribution < -0.4 is 9.47 Å². The lowest BCUT2D eigenvalue weighted by atomic mass is 9.95. The molecule has 0 saturated heterocycles. The van der Waals surface area contributed by atoms with E-state index in [2.05, 4.69) is 0 Å². The standard InChI is InChI=1S/C17H14O5/c1-21-12-5-6-15-13(8-12)14(18)9-16(22-15)10-3-2-4-11(7-10)17(19)20/h2-8,16H,9H2,1H3,(H,19,20). The molecular formula is C17H14O5. The van der Waals surface area contributed by atoms with E-state index in [1.54, 1.807) is 30.3 Å². The number of rotatable bonds is 3. The molecule has 0 spiro atoms. The molecule has 1 atom stereocenters. The number of ketones is 1. The minimum atomic E-state index is -1.01. The highest BCUT2D eigenvalue weighted by atomic mass is 16.5. The van der Waals surface area contributed by atoms with E-state index in [0.29, 0.717) is 22.6 Å². The summed E-state index contributed by atoms with van der Waals surface area (Å²) in [4.78, 5) is 23.4. The number of aromatic carboxylic acids is 1. The first-order valence-corrected chi connectivity index (χ1v) is 6.79. The molecular weight excluding hydrogens is 284 g/mol. The van der Waals surface area contributed by atoms with Crippen molar-refractivity contribution in [2.75, 3.05) is 7.11 Å². The second-order valence-electron chi connectivity index (χ2n) is 5.03. The van der Waals surface area contributed by atoms with Crippen LogP contribution in [0.15, 0.2) is 42.5 Å². The molecule has 0 saturated carbocycles. The summed E-state index contributed by atoms with van der Waals surface area (Å²) in [6, 6.07) is 11.5. The van der Waals surface area contributed by atoms with Gasteiger partial charge in [-0.15, -0.1) is 0 Å². The second kappa shape index (κ2) is 5.52. The number of Topliss-reactive ketones (excluding diaryl/α,β-unsaturated/α-hetero) is 1. The summed E-state index contributed by atoms with van der Waals surface area (Å²) in [5, 5.41) is 9.05. The molecule has 0 amide bonds. The van der Waals surface area contributed by atoms with Crippen LogP contribution in [0.4, 0.5) is 0 Å². The maximum atomic E-state index is 12.3. The van der Waals surface area contributed by atoms with Crippen LogP contribution in [0, 0.1) is 0 Å². The lowest BCUT2D eigenvalue weighted by molar-refractivity contribution is 0.0696. The smallest absolute Gasteiger partial charge is 0.335 e. The van der Waals surface area contributed by atoms with Gasteiger partial charge in [-0.1, -0.05) is 12.1 Å². The molecule has 5 heteroatoms. The Morgan fingerprint density at radius 2 is 2.09 bits per heavy atom. The molecule has 1 heterocycles. The van der Waals surface area contributed by atoms with E-state index in [0.717, 1.165) is 0 Å². The lowest BCUT2D eigenvalue weighted by Crippen LogP contribution is -2.20. The van der Waals surface area contributed by atoms with E-state index in [4.69, 9.17) is 14.6 Å². The fraction of sp³-hybridized carbons (Fsp3) is 0.176. The predicted molar refractivity (Wildman–Crippen MR) is 78.7 cm³/mol. The van der Waals surface area contributed by atoms with Gasteiger partial charge in [0.2, 0.25) is 0 Å². The molecule has 0 bridgehead atoms. The Balaban J connectivity index is 1.94. The van der Waals surface area contributed by atoms with Gasteiger partial charge in [-0.2, -0.15) is 0 Å². The number of hydrogen-bond acceptors (Lipinski definition) is 4. The van der Waals surface area contributed by atoms with Crippen LogP contribution in [0.2, 0.25) is 0 Å². The number of methoxy groups -OCH3 is 1. The number of carboxylic acids is 1. The first-order chi connectivity index (χ1) is 10.6. The molecule has 0 aliphatic carbocycles. The van der Waals surface area contributed by atoms with Crippen molar-refractivity contribution >= 4 is 11.8 Å². The minimum absolute atomic E-state index is 0.0501. The molecule has 5 nitrogen and oxygen atoms in total. The third-order valence-electron chi connectivity index (χ3n) is 3.63. The molecule has 2 aromatic carbocycles. The van der Waals surface area contributed by atoms with Crippen LogP contribution in [-0.4, -0.2) is 24.0 Å². The van der Waals surface area contributed by atoms with Crippen LogP contribution in [-0.2, 0) is 0 Å². The van der Waals surface area contributed by atoms with Crippen LogP contribution in [0.1, 0.15) is 38.8 Å². The molecule has 0 fully saturated rings. The van der Waals surface area contributed by atoms with Gasteiger partial charge in [0.05, 0.1) is 24.7 Å². The normalized spacial score (nSPS) is 16.6. The van der Waals surface area contributed by atoms with Gasteiger partial charge in [-0.05, 0) is 35.9 Å². The zero-order valence-corrected chi connectivity index (χ0v) is 11.9. The summed E-state index contributed by atoms with van der Waals surface area (Å²) >= 11 is 0. The van der Waals surface area contributed by atoms with Crippen molar-refractivity contribution in [3.8, 4) is 11.5 Å². The van der Waals surface area contributed by atoms with Crippen molar-refractivity contribution in [1.29, 1.82) is 0 Å². The van der Waals surface area contributed by atoms with Crippen molar-refractivity contribution < 1.29 is 24.2 Å². The maximum Gasteiger partial charge on any atom is 0.335 e. The fourth-order valence-corrected chi connectivity index (χ4v) is 2.49. The van der Waals surface area contributed by atoms with Crippen LogP contribution in [0.5, 0.6) is 11.5 Å². The van der Waals surface area contributed by atoms with Gasteiger partial charge in [-0.3, -0.25) is 4.79 Å². The van der Waals surface area contributed by atoms with Crippen molar-refractivity contribution in [2.24, 2.45) is 0 Å². The van der Waals surface area contributed by atoms with Crippen LogP contribution >= 0.6 is 0 Å². The zero-order chi connectivity index (χ0) is 15.7. The van der Waals surface area contributed by atoms with E-state index in [1.807, 2.05) is 0 Å². The topological polar surface area (TPSA) is 72.8 Å². The lowest BCUT2D eigenvalue weighted by Gasteiger charge is -2.26. The summed E-state index contributed by atoms with van der Waals surface area (Å²) in [7, 11) is 1.54. The molecule has 0 radical (unpaired) electrons. The molecule has 0 aromatic heterocycles. The Morgan fingerprint density at radius 3 is 2.82 bits per heavy atom. The fourth-order valence-electron chi connectivity index (χ4n) is 2.49. The summed E-state index contributed by atoms with van der Waals surface area (Å²) in [5.74, 6) is 0.0322. The molecule has 1 aliphatic heterocycles. The van der Waals surface area contributed by atoms with Gasteiger partial charge < -0.3 is 14.6 Å². The molecule has 1 N–H and O–H groups in total. The van der Waals surface area contributed by atoms with Gasteiger partial charge in [-0.25, -0.2) is 4.79 Å². The number of fused-ring (bicyclic) bond motifs is 1. The average molecular weight is 298 g/mol. The SMILES string of the molecule is COc1ccc2c(c1)C(=O)CC(c1cccc(C(=O)O)c1)O2. The second-order valence-corrected chi connectivity index (χ2v) is 5.03.